The van der Waals surface area contributed by atoms with E-state index in [0.717, 1.165) is 6.20 Å². The third kappa shape index (κ3) is 2.17. The summed E-state index contributed by atoms with van der Waals surface area (Å²) in [6, 6.07) is 2.94. The Morgan fingerprint density at radius 1 is 1.47 bits per heavy atom. The molecule has 0 aliphatic carbocycles. The summed E-state index contributed by atoms with van der Waals surface area (Å²) < 4.78 is 27.1. The third-order valence-electron chi connectivity index (χ3n) is 2.32. The van der Waals surface area contributed by atoms with Crippen molar-refractivity contribution in [2.75, 3.05) is 0 Å². The second-order valence-electron chi connectivity index (χ2n) is 3.35. The fraction of sp³-hybridized carbons (Fsp3) is 0.200. The molecule has 2 heterocycles. The van der Waals surface area contributed by atoms with Crippen LogP contribution in [0.25, 0.3) is 0 Å². The normalized spacial score (nSPS) is 11.0. The first-order valence-corrected chi connectivity index (χ1v) is 4.78. The van der Waals surface area contributed by atoms with Crippen molar-refractivity contribution in [3.63, 3.8) is 0 Å². The molecule has 0 aliphatic rings. The molecule has 0 aliphatic heterocycles. The lowest BCUT2D eigenvalue weighted by Gasteiger charge is -2.08. The highest BCUT2D eigenvalue weighted by molar-refractivity contribution is 5.85. The average molecular weight is 241 g/mol. The van der Waals surface area contributed by atoms with Gasteiger partial charge in [0.25, 0.3) is 0 Å². The first-order valence-electron chi connectivity index (χ1n) is 4.78. The fourth-order valence-corrected chi connectivity index (χ4v) is 1.54. The number of imidazole rings is 1. The van der Waals surface area contributed by atoms with Gasteiger partial charge in [-0.05, 0) is 12.1 Å². The molecule has 0 aromatic carbocycles. The van der Waals surface area contributed by atoms with Gasteiger partial charge >= 0.3 is 12.5 Å². The molecule has 0 saturated heterocycles. The van der Waals surface area contributed by atoms with Gasteiger partial charge in [0.05, 0.1) is 6.54 Å². The number of carboxylic acids is 1. The van der Waals surface area contributed by atoms with Gasteiger partial charge in [-0.1, -0.05) is 0 Å². The first-order chi connectivity index (χ1) is 8.09. The molecule has 0 amide bonds. The van der Waals surface area contributed by atoms with Crippen molar-refractivity contribution in [2.24, 2.45) is 0 Å². The predicted molar refractivity (Wildman–Crippen MR) is 54.0 cm³/mol. The van der Waals surface area contributed by atoms with E-state index in [1.165, 1.54) is 23.0 Å². The Bertz CT molecular complexity index is 533. The number of hydrogen-bond donors (Lipinski definition) is 1. The van der Waals surface area contributed by atoms with Crippen molar-refractivity contribution < 1.29 is 18.7 Å². The lowest BCUT2D eigenvalue weighted by Crippen LogP contribution is -2.13. The van der Waals surface area contributed by atoms with E-state index in [1.54, 1.807) is 6.07 Å². The number of alkyl halides is 2. The molecule has 0 bridgehead atoms. The summed E-state index contributed by atoms with van der Waals surface area (Å²) in [6.45, 7) is -2.69. The minimum absolute atomic E-state index is 0.00796. The molecule has 0 radical (unpaired) electrons. The number of nitrogens with zero attached hydrogens (tertiary/aromatic N) is 3. The van der Waals surface area contributed by atoms with E-state index in [9.17, 15) is 13.6 Å². The summed E-state index contributed by atoms with van der Waals surface area (Å²) in [7, 11) is 0. The van der Waals surface area contributed by atoms with Crippen molar-refractivity contribution in [3.8, 4) is 0 Å². The molecule has 17 heavy (non-hydrogen) atoms. The van der Waals surface area contributed by atoms with Gasteiger partial charge in [-0.15, -0.1) is 0 Å². The van der Waals surface area contributed by atoms with Gasteiger partial charge in [-0.2, -0.15) is 8.78 Å². The molecule has 90 valence electrons. The van der Waals surface area contributed by atoms with Crippen LogP contribution in [0.5, 0.6) is 0 Å². The number of aromatic nitrogens is 3. The van der Waals surface area contributed by atoms with Gasteiger partial charge in [-0.3, -0.25) is 4.57 Å². The molecule has 2 rings (SSSR count). The Morgan fingerprint density at radius 2 is 2.24 bits per heavy atom. The van der Waals surface area contributed by atoms with E-state index in [1.807, 2.05) is 0 Å². The van der Waals surface area contributed by atoms with Crippen LogP contribution < -0.4 is 0 Å². The smallest absolute Gasteiger partial charge is 0.352 e. The molecular weight excluding hydrogens is 232 g/mol. The van der Waals surface area contributed by atoms with E-state index in [0.29, 0.717) is 4.57 Å². The number of hydrogen-bond acceptors (Lipinski definition) is 2. The van der Waals surface area contributed by atoms with Gasteiger partial charge in [0, 0.05) is 18.6 Å². The van der Waals surface area contributed by atoms with Gasteiger partial charge < -0.3 is 9.67 Å². The Labute approximate surface area is 94.9 Å². The van der Waals surface area contributed by atoms with E-state index < -0.39 is 12.5 Å². The van der Waals surface area contributed by atoms with Crippen molar-refractivity contribution in [1.82, 2.24) is 14.1 Å². The van der Waals surface area contributed by atoms with Crippen molar-refractivity contribution in [2.45, 2.75) is 13.1 Å². The third-order valence-corrected chi connectivity index (χ3v) is 2.32. The molecule has 0 atom stereocenters. The number of halogens is 2. The highest BCUT2D eigenvalue weighted by Crippen LogP contribution is 2.14. The molecule has 0 saturated carbocycles. The molecule has 0 unspecified atom stereocenters. The molecule has 7 heteroatoms. The summed E-state index contributed by atoms with van der Waals surface area (Å²) in [5, 5.41) is 8.87. The molecule has 2 aromatic rings. The summed E-state index contributed by atoms with van der Waals surface area (Å²) in [6.07, 6.45) is 3.92. The van der Waals surface area contributed by atoms with Gasteiger partial charge in [-0.25, -0.2) is 9.78 Å². The van der Waals surface area contributed by atoms with Crippen LogP contribution in [0.1, 0.15) is 22.9 Å². The first kappa shape index (κ1) is 11.3. The van der Waals surface area contributed by atoms with Crippen molar-refractivity contribution in [1.29, 1.82) is 0 Å². The SMILES string of the molecule is O=C(O)c1cccn1Cc1nccn1C(F)F. The number of rotatable bonds is 4. The van der Waals surface area contributed by atoms with Crippen molar-refractivity contribution >= 4 is 5.97 Å². The molecule has 0 spiro atoms. The Balaban J connectivity index is 2.29. The number of aromatic carboxylic acids is 1. The second kappa shape index (κ2) is 4.36. The van der Waals surface area contributed by atoms with Crippen LogP contribution in [0, 0.1) is 0 Å². The van der Waals surface area contributed by atoms with Crippen LogP contribution in [-0.4, -0.2) is 25.2 Å². The van der Waals surface area contributed by atoms with Gasteiger partial charge in [0.1, 0.15) is 11.5 Å². The predicted octanol–water partition coefficient (Wildman–Crippen LogP) is 1.83. The summed E-state index contributed by atoms with van der Waals surface area (Å²) >= 11 is 0. The minimum atomic E-state index is -2.68. The Kier molecular flexibility index (Phi) is 2.90. The molecule has 5 nitrogen and oxygen atoms in total. The molecule has 1 N–H and O–H groups in total. The molecule has 2 aromatic heterocycles. The minimum Gasteiger partial charge on any atom is -0.477 e. The van der Waals surface area contributed by atoms with E-state index in [4.69, 9.17) is 5.11 Å². The van der Waals surface area contributed by atoms with Gasteiger partial charge in [0.2, 0.25) is 0 Å². The molecular formula is C10H9F2N3O2. The van der Waals surface area contributed by atoms with E-state index in [-0.39, 0.29) is 18.1 Å². The summed E-state index contributed by atoms with van der Waals surface area (Å²) in [5.74, 6) is -0.996. The maximum atomic E-state index is 12.5. The van der Waals surface area contributed by atoms with Crippen LogP contribution in [0.15, 0.2) is 30.7 Å². The lowest BCUT2D eigenvalue weighted by molar-refractivity contribution is 0.0663. The standard InChI is InChI=1S/C10H9F2N3O2/c11-10(12)15-5-3-13-8(15)6-14-4-1-2-7(14)9(16)17/h1-5,10H,6H2,(H,16,17). The van der Waals surface area contributed by atoms with E-state index in [2.05, 4.69) is 4.98 Å². The fourth-order valence-electron chi connectivity index (χ4n) is 1.54. The van der Waals surface area contributed by atoms with Crippen molar-refractivity contribution in [3.05, 3.63) is 42.2 Å². The van der Waals surface area contributed by atoms with Crippen LogP contribution in [0.2, 0.25) is 0 Å². The zero-order chi connectivity index (χ0) is 12.4. The van der Waals surface area contributed by atoms with Crippen LogP contribution in [0.4, 0.5) is 8.78 Å². The number of carboxylic acid groups (broad SMARTS) is 1. The second-order valence-corrected chi connectivity index (χ2v) is 3.35. The average Bonchev–Trinajstić information content (AvgIpc) is 2.86. The zero-order valence-corrected chi connectivity index (χ0v) is 8.62. The molecule has 0 fully saturated rings. The van der Waals surface area contributed by atoms with Crippen LogP contribution in [0.3, 0.4) is 0 Å². The van der Waals surface area contributed by atoms with E-state index >= 15 is 0 Å². The van der Waals surface area contributed by atoms with Gasteiger partial charge in [0.15, 0.2) is 0 Å². The quantitative estimate of drug-likeness (QED) is 0.888. The topological polar surface area (TPSA) is 60.0 Å². The Hall–Kier alpha value is -2.18. The van der Waals surface area contributed by atoms with Crippen LogP contribution in [-0.2, 0) is 6.54 Å². The lowest BCUT2D eigenvalue weighted by atomic mass is 10.4. The highest BCUT2D eigenvalue weighted by Gasteiger charge is 2.14. The Morgan fingerprint density at radius 3 is 2.88 bits per heavy atom. The summed E-state index contributed by atoms with van der Waals surface area (Å²) in [5.41, 5.74) is 0.0359. The maximum absolute atomic E-state index is 12.5. The highest BCUT2D eigenvalue weighted by atomic mass is 19.3. The number of carbonyl (C=O) groups is 1. The largest absolute Gasteiger partial charge is 0.477 e. The van der Waals surface area contributed by atoms with Crippen LogP contribution >= 0.6 is 0 Å². The monoisotopic (exact) mass is 241 g/mol. The summed E-state index contributed by atoms with van der Waals surface area (Å²) in [4.78, 5) is 14.6. The maximum Gasteiger partial charge on any atom is 0.352 e. The zero-order valence-electron chi connectivity index (χ0n) is 8.62.